The molecule has 5 rings (SSSR count). The molecule has 0 spiro atoms. The predicted octanol–water partition coefficient (Wildman–Crippen LogP) is 4.90. The lowest BCUT2D eigenvalue weighted by Gasteiger charge is -2.28. The van der Waals surface area contributed by atoms with Gasteiger partial charge in [-0.05, 0) is 36.8 Å². The Morgan fingerprint density at radius 3 is 2.27 bits per heavy atom. The van der Waals surface area contributed by atoms with Gasteiger partial charge in [0, 0.05) is 17.3 Å². The molecule has 1 unspecified atom stereocenters. The Morgan fingerprint density at radius 2 is 1.59 bits per heavy atom. The van der Waals surface area contributed by atoms with Gasteiger partial charge in [0.05, 0.1) is 32.6 Å². The number of ether oxygens (including phenoxy) is 3. The highest BCUT2D eigenvalue weighted by molar-refractivity contribution is 6.06. The maximum absolute atomic E-state index is 13.7. The summed E-state index contributed by atoms with van der Waals surface area (Å²) in [4.78, 5) is 18.5. The van der Waals surface area contributed by atoms with Crippen molar-refractivity contribution in [3.8, 4) is 28.6 Å². The van der Waals surface area contributed by atoms with E-state index < -0.39 is 6.04 Å². The second-order valence-electron chi connectivity index (χ2n) is 8.44. The van der Waals surface area contributed by atoms with E-state index >= 15 is 0 Å². The number of methoxy groups -OCH3 is 3. The molecule has 37 heavy (non-hydrogen) atoms. The highest BCUT2D eigenvalue weighted by Crippen LogP contribution is 2.38. The molecule has 0 fully saturated rings. The zero-order valence-electron chi connectivity index (χ0n) is 21.0. The summed E-state index contributed by atoms with van der Waals surface area (Å²) in [6, 6.07) is 22.0. The fourth-order valence-corrected chi connectivity index (χ4v) is 4.39. The Kier molecular flexibility index (Phi) is 6.51. The normalized spacial score (nSPS) is 14.4. The van der Waals surface area contributed by atoms with Crippen molar-refractivity contribution in [2.45, 2.75) is 13.0 Å². The van der Waals surface area contributed by atoms with Gasteiger partial charge in [0.1, 0.15) is 23.3 Å². The molecule has 1 aliphatic rings. The minimum Gasteiger partial charge on any atom is -0.497 e. The van der Waals surface area contributed by atoms with Crippen LogP contribution in [0.5, 0.6) is 17.2 Å². The molecule has 1 aromatic heterocycles. The summed E-state index contributed by atoms with van der Waals surface area (Å²) in [5, 5.41) is 11.1. The molecular formula is C28H27N5O4. The lowest BCUT2D eigenvalue weighted by molar-refractivity contribution is -0.113. The number of carbonyl (C=O) groups excluding carboxylic acids is 1. The first kappa shape index (κ1) is 23.9. The predicted molar refractivity (Wildman–Crippen MR) is 141 cm³/mol. The zero-order chi connectivity index (χ0) is 25.9. The third kappa shape index (κ3) is 4.58. The van der Waals surface area contributed by atoms with Crippen molar-refractivity contribution in [3.05, 3.63) is 89.6 Å². The Bertz CT molecular complexity index is 1460. The van der Waals surface area contributed by atoms with Crippen molar-refractivity contribution >= 4 is 17.5 Å². The smallest absolute Gasteiger partial charge is 0.255 e. The fourth-order valence-electron chi connectivity index (χ4n) is 4.39. The molecular weight excluding hydrogens is 470 g/mol. The summed E-state index contributed by atoms with van der Waals surface area (Å²) >= 11 is 0. The Morgan fingerprint density at radius 1 is 0.919 bits per heavy atom. The summed E-state index contributed by atoms with van der Waals surface area (Å²) < 4.78 is 18.0. The standard InChI is InChI=1S/C28H27N5O4/c1-17-24(27(34)30-22-12-8-9-13-23(22)37-4)25(18-10-6-5-7-11-18)33-28(29-17)31-26(32-33)19-14-20(35-2)16-21(15-19)36-3/h5-16,25H,1-4H3,(H,30,34)(H,29,31,32). The van der Waals surface area contributed by atoms with E-state index in [1.807, 2.05) is 61.5 Å². The topological polar surface area (TPSA) is 99.5 Å². The van der Waals surface area contributed by atoms with Crippen LogP contribution in [0.3, 0.4) is 0 Å². The lowest BCUT2D eigenvalue weighted by Crippen LogP contribution is -2.31. The molecule has 4 aromatic rings. The molecule has 0 saturated carbocycles. The van der Waals surface area contributed by atoms with Gasteiger partial charge in [-0.3, -0.25) is 4.79 Å². The second kappa shape index (κ2) is 10.1. The number of hydrogen-bond acceptors (Lipinski definition) is 7. The molecule has 9 heteroatoms. The van der Waals surface area contributed by atoms with Crippen LogP contribution in [-0.2, 0) is 4.79 Å². The largest absolute Gasteiger partial charge is 0.497 e. The third-order valence-electron chi connectivity index (χ3n) is 6.18. The fraction of sp³-hybridized carbons (Fsp3) is 0.179. The Balaban J connectivity index is 1.59. The monoisotopic (exact) mass is 497 g/mol. The molecule has 0 bridgehead atoms. The summed E-state index contributed by atoms with van der Waals surface area (Å²) in [6.45, 7) is 1.86. The van der Waals surface area contributed by atoms with Crippen LogP contribution in [0, 0.1) is 0 Å². The molecule has 0 radical (unpaired) electrons. The average molecular weight is 498 g/mol. The third-order valence-corrected chi connectivity index (χ3v) is 6.18. The van der Waals surface area contributed by atoms with Gasteiger partial charge in [-0.15, -0.1) is 5.10 Å². The van der Waals surface area contributed by atoms with E-state index in [-0.39, 0.29) is 5.91 Å². The number of benzene rings is 3. The SMILES string of the molecule is COc1cc(OC)cc(-c2nc3n(n2)C(c2ccccc2)C(C(=O)Nc2ccccc2OC)=C(C)N3)c1. The van der Waals surface area contributed by atoms with Crippen LogP contribution in [0.4, 0.5) is 11.6 Å². The zero-order valence-corrected chi connectivity index (χ0v) is 21.0. The van der Waals surface area contributed by atoms with E-state index in [2.05, 4.69) is 10.6 Å². The maximum atomic E-state index is 13.7. The first-order valence-corrected chi connectivity index (χ1v) is 11.7. The van der Waals surface area contributed by atoms with Crippen molar-refractivity contribution in [2.75, 3.05) is 32.0 Å². The van der Waals surface area contributed by atoms with Gasteiger partial charge in [-0.2, -0.15) is 4.98 Å². The number of carbonyl (C=O) groups is 1. The number of rotatable bonds is 7. The highest BCUT2D eigenvalue weighted by Gasteiger charge is 2.34. The van der Waals surface area contributed by atoms with Crippen LogP contribution >= 0.6 is 0 Å². The number of hydrogen-bond donors (Lipinski definition) is 2. The molecule has 3 aromatic carbocycles. The first-order valence-electron chi connectivity index (χ1n) is 11.7. The molecule has 1 aliphatic heterocycles. The quantitative estimate of drug-likeness (QED) is 0.375. The van der Waals surface area contributed by atoms with Gasteiger partial charge in [-0.25, -0.2) is 4.68 Å². The molecule has 1 amide bonds. The number of nitrogens with zero attached hydrogens (tertiary/aromatic N) is 3. The number of fused-ring (bicyclic) bond motifs is 1. The Labute approximate surface area is 214 Å². The number of amides is 1. The van der Waals surface area contributed by atoms with Gasteiger partial charge < -0.3 is 24.8 Å². The molecule has 0 aliphatic carbocycles. The first-order chi connectivity index (χ1) is 18.0. The van der Waals surface area contributed by atoms with Crippen LogP contribution in [0.2, 0.25) is 0 Å². The van der Waals surface area contributed by atoms with Crippen LogP contribution < -0.4 is 24.8 Å². The van der Waals surface area contributed by atoms with Crippen LogP contribution in [0.1, 0.15) is 18.5 Å². The van der Waals surface area contributed by atoms with Crippen LogP contribution in [0.15, 0.2) is 84.1 Å². The van der Waals surface area contributed by atoms with Crippen LogP contribution in [-0.4, -0.2) is 42.0 Å². The lowest BCUT2D eigenvalue weighted by atomic mass is 9.95. The molecule has 188 valence electrons. The van der Waals surface area contributed by atoms with Gasteiger partial charge >= 0.3 is 0 Å². The minimum atomic E-state index is -0.513. The molecule has 0 saturated heterocycles. The average Bonchev–Trinajstić information content (AvgIpc) is 3.36. The number of aromatic nitrogens is 3. The number of para-hydroxylation sites is 2. The van der Waals surface area contributed by atoms with Gasteiger partial charge in [0.25, 0.3) is 5.91 Å². The number of allylic oxidation sites excluding steroid dienone is 1. The summed E-state index contributed by atoms with van der Waals surface area (Å²) in [5.74, 6) is 2.55. The second-order valence-corrected chi connectivity index (χ2v) is 8.44. The Hall–Kier alpha value is -4.79. The molecule has 1 atom stereocenters. The maximum Gasteiger partial charge on any atom is 0.255 e. The molecule has 2 heterocycles. The highest BCUT2D eigenvalue weighted by atomic mass is 16.5. The molecule has 2 N–H and O–H groups in total. The van der Waals surface area contributed by atoms with E-state index in [0.29, 0.717) is 46.0 Å². The van der Waals surface area contributed by atoms with Crippen molar-refractivity contribution in [1.29, 1.82) is 0 Å². The van der Waals surface area contributed by atoms with Crippen molar-refractivity contribution in [3.63, 3.8) is 0 Å². The van der Waals surface area contributed by atoms with Gasteiger partial charge in [0.15, 0.2) is 5.82 Å². The number of nitrogens with one attached hydrogen (secondary N) is 2. The number of anilines is 2. The van der Waals surface area contributed by atoms with E-state index in [9.17, 15) is 4.79 Å². The minimum absolute atomic E-state index is 0.269. The van der Waals surface area contributed by atoms with E-state index in [1.54, 1.807) is 44.2 Å². The summed E-state index contributed by atoms with van der Waals surface area (Å²) in [7, 11) is 4.76. The van der Waals surface area contributed by atoms with Crippen LogP contribution in [0.25, 0.3) is 11.4 Å². The van der Waals surface area contributed by atoms with Gasteiger partial charge in [-0.1, -0.05) is 42.5 Å². The van der Waals surface area contributed by atoms with Crippen molar-refractivity contribution in [1.82, 2.24) is 14.8 Å². The van der Waals surface area contributed by atoms with Crippen molar-refractivity contribution in [2.24, 2.45) is 0 Å². The van der Waals surface area contributed by atoms with Crippen molar-refractivity contribution < 1.29 is 19.0 Å². The summed E-state index contributed by atoms with van der Waals surface area (Å²) in [5.41, 5.74) is 3.40. The molecule has 9 nitrogen and oxygen atoms in total. The summed E-state index contributed by atoms with van der Waals surface area (Å²) in [6.07, 6.45) is 0. The van der Waals surface area contributed by atoms with E-state index in [1.165, 1.54) is 0 Å². The van der Waals surface area contributed by atoms with E-state index in [4.69, 9.17) is 24.3 Å². The van der Waals surface area contributed by atoms with Gasteiger partial charge in [0.2, 0.25) is 5.95 Å². The van der Waals surface area contributed by atoms with E-state index in [0.717, 1.165) is 11.1 Å².